The number of amides is 1. The molecule has 0 bridgehead atoms. The summed E-state index contributed by atoms with van der Waals surface area (Å²) in [6, 6.07) is 9.61. The van der Waals surface area contributed by atoms with E-state index in [1.165, 1.54) is 14.0 Å². The molecule has 1 heterocycles. The van der Waals surface area contributed by atoms with Crippen molar-refractivity contribution < 1.29 is 37.2 Å². The van der Waals surface area contributed by atoms with Gasteiger partial charge >= 0.3 is 5.97 Å². The molecule has 1 amide bonds. The molecule has 9 nitrogen and oxygen atoms in total. The van der Waals surface area contributed by atoms with Crippen molar-refractivity contribution in [3.8, 4) is 11.5 Å². The van der Waals surface area contributed by atoms with E-state index in [0.29, 0.717) is 41.6 Å². The normalized spacial score (nSPS) is 20.0. The fourth-order valence-electron chi connectivity index (χ4n) is 4.38. The maximum absolute atomic E-state index is 13.1. The summed E-state index contributed by atoms with van der Waals surface area (Å²) in [5.74, 6) is -0.472. The van der Waals surface area contributed by atoms with Gasteiger partial charge in [-0.2, -0.15) is 0 Å². The predicted octanol–water partition coefficient (Wildman–Crippen LogP) is 3.87. The quantitative estimate of drug-likeness (QED) is 0.475. The van der Waals surface area contributed by atoms with Gasteiger partial charge in [0.25, 0.3) is 12.3 Å². The second-order valence-corrected chi connectivity index (χ2v) is 8.31. The van der Waals surface area contributed by atoms with Crippen LogP contribution in [-0.4, -0.2) is 54.5 Å². The van der Waals surface area contributed by atoms with Gasteiger partial charge in [-0.25, -0.2) is 13.4 Å². The van der Waals surface area contributed by atoms with Crippen molar-refractivity contribution in [2.75, 3.05) is 13.7 Å². The summed E-state index contributed by atoms with van der Waals surface area (Å²) in [4.78, 5) is 24.6. The number of hydrogen-bond donors (Lipinski definition) is 1. The average molecular weight is 489 g/mol. The summed E-state index contributed by atoms with van der Waals surface area (Å²) in [6.45, 7) is 0.571. The number of hydrogen-bond acceptors (Lipinski definition) is 8. The van der Waals surface area contributed by atoms with Gasteiger partial charge in [0.05, 0.1) is 7.11 Å². The molecule has 0 saturated heterocycles. The molecule has 2 aromatic carbocycles. The minimum absolute atomic E-state index is 0.175. The number of rotatable bonds is 8. The summed E-state index contributed by atoms with van der Waals surface area (Å²) in [7, 11) is 1.42. The lowest BCUT2D eigenvalue weighted by atomic mass is 9.78. The number of nitrogens with zero attached hydrogens (tertiary/aromatic N) is 2. The molecule has 3 atom stereocenters. The van der Waals surface area contributed by atoms with Gasteiger partial charge in [0.15, 0.2) is 11.5 Å². The SMILES string of the molecule is COc1ccc(C2C[C@H](OC(C)=O)CCC2NC(=O)c2ccc3nonc3c2)cc1OCC(F)F. The Bertz CT molecular complexity index is 1200. The third kappa shape index (κ3) is 5.84. The Labute approximate surface area is 199 Å². The number of methoxy groups -OCH3 is 1. The van der Waals surface area contributed by atoms with E-state index < -0.39 is 13.0 Å². The van der Waals surface area contributed by atoms with Crippen LogP contribution in [0.3, 0.4) is 0 Å². The van der Waals surface area contributed by atoms with Crippen molar-refractivity contribution in [3.63, 3.8) is 0 Å². The lowest BCUT2D eigenvalue weighted by molar-refractivity contribution is -0.148. The van der Waals surface area contributed by atoms with E-state index in [2.05, 4.69) is 15.6 Å². The van der Waals surface area contributed by atoms with Crippen molar-refractivity contribution in [1.82, 2.24) is 15.6 Å². The van der Waals surface area contributed by atoms with E-state index >= 15 is 0 Å². The van der Waals surface area contributed by atoms with E-state index in [1.807, 2.05) is 0 Å². The van der Waals surface area contributed by atoms with Gasteiger partial charge in [0.1, 0.15) is 23.7 Å². The Morgan fingerprint density at radius 1 is 1.11 bits per heavy atom. The van der Waals surface area contributed by atoms with Crippen LogP contribution in [-0.2, 0) is 9.53 Å². The van der Waals surface area contributed by atoms with Crippen molar-refractivity contribution in [1.29, 1.82) is 0 Å². The molecule has 35 heavy (non-hydrogen) atoms. The largest absolute Gasteiger partial charge is 0.493 e. The van der Waals surface area contributed by atoms with Gasteiger partial charge in [-0.05, 0) is 65.5 Å². The molecule has 1 aliphatic rings. The summed E-state index contributed by atoms with van der Waals surface area (Å²) in [6.07, 6.45) is -1.43. The maximum Gasteiger partial charge on any atom is 0.302 e. The number of ether oxygens (including phenoxy) is 3. The summed E-state index contributed by atoms with van der Waals surface area (Å²) in [5, 5.41) is 10.6. The third-order valence-corrected chi connectivity index (χ3v) is 5.95. The van der Waals surface area contributed by atoms with Gasteiger partial charge in [-0.15, -0.1) is 0 Å². The number of alkyl halides is 2. The Morgan fingerprint density at radius 2 is 1.91 bits per heavy atom. The Kier molecular flexibility index (Phi) is 7.42. The first-order valence-corrected chi connectivity index (χ1v) is 11.1. The van der Waals surface area contributed by atoms with Gasteiger partial charge in [0, 0.05) is 24.4 Å². The Morgan fingerprint density at radius 3 is 2.66 bits per heavy atom. The highest BCUT2D eigenvalue weighted by atomic mass is 19.3. The standard InChI is InChI=1S/C24H25F2N3O6/c1-13(30)34-16-5-7-18(27-24(31)15-3-6-19-20(9-15)29-35-28-19)17(11-16)14-4-8-21(32-2)22(10-14)33-12-23(25)26/h3-4,6,8-10,16-18,23H,5,7,11-12H2,1-2H3,(H,27,31)/t16-,17?,18?/m1/s1. The first kappa shape index (κ1) is 24.4. The van der Waals surface area contributed by atoms with Crippen LogP contribution in [0, 0.1) is 0 Å². The number of esters is 1. The number of aromatic nitrogens is 2. The molecular weight excluding hydrogens is 464 g/mol. The molecule has 1 saturated carbocycles. The number of fused-ring (bicyclic) bond motifs is 1. The first-order chi connectivity index (χ1) is 16.8. The van der Waals surface area contributed by atoms with Crippen molar-refractivity contribution in [2.45, 2.75) is 50.7 Å². The highest BCUT2D eigenvalue weighted by molar-refractivity contribution is 5.97. The second-order valence-electron chi connectivity index (χ2n) is 8.31. The topological polar surface area (TPSA) is 113 Å². The lowest BCUT2D eigenvalue weighted by Gasteiger charge is -2.36. The molecular formula is C24H25F2N3O6. The predicted molar refractivity (Wildman–Crippen MR) is 120 cm³/mol. The number of halogens is 2. The van der Waals surface area contributed by atoms with Crippen LogP contribution < -0.4 is 14.8 Å². The van der Waals surface area contributed by atoms with Gasteiger partial charge in [-0.3, -0.25) is 9.59 Å². The molecule has 0 spiro atoms. The van der Waals surface area contributed by atoms with Crippen LogP contribution in [0.25, 0.3) is 11.0 Å². The second kappa shape index (κ2) is 10.7. The van der Waals surface area contributed by atoms with Crippen LogP contribution in [0.5, 0.6) is 11.5 Å². The van der Waals surface area contributed by atoms with E-state index in [1.54, 1.807) is 36.4 Å². The lowest BCUT2D eigenvalue weighted by Crippen LogP contribution is -2.44. The van der Waals surface area contributed by atoms with Gasteiger partial charge < -0.3 is 19.5 Å². The van der Waals surface area contributed by atoms with Gasteiger partial charge in [-0.1, -0.05) is 6.07 Å². The highest BCUT2D eigenvalue weighted by Gasteiger charge is 2.35. The maximum atomic E-state index is 13.1. The molecule has 1 aromatic heterocycles. The number of benzene rings is 2. The molecule has 1 fully saturated rings. The van der Waals surface area contributed by atoms with E-state index in [4.69, 9.17) is 18.8 Å². The number of carbonyl (C=O) groups excluding carboxylic acids is 2. The summed E-state index contributed by atoms with van der Waals surface area (Å²) >= 11 is 0. The molecule has 0 radical (unpaired) electrons. The number of nitrogens with one attached hydrogen (secondary N) is 1. The fraction of sp³-hybridized carbons (Fsp3) is 0.417. The minimum Gasteiger partial charge on any atom is -0.493 e. The Balaban J connectivity index is 1.59. The van der Waals surface area contributed by atoms with Crippen molar-refractivity contribution in [3.05, 3.63) is 47.5 Å². The highest BCUT2D eigenvalue weighted by Crippen LogP contribution is 2.39. The molecule has 1 aliphatic carbocycles. The van der Waals surface area contributed by atoms with Crippen LogP contribution in [0.2, 0.25) is 0 Å². The van der Waals surface area contributed by atoms with Crippen LogP contribution >= 0.6 is 0 Å². The van der Waals surface area contributed by atoms with Crippen LogP contribution in [0.4, 0.5) is 8.78 Å². The Hall–Kier alpha value is -3.76. The third-order valence-electron chi connectivity index (χ3n) is 5.95. The van der Waals surface area contributed by atoms with Crippen LogP contribution in [0.1, 0.15) is 48.0 Å². The van der Waals surface area contributed by atoms with Crippen LogP contribution in [0.15, 0.2) is 41.0 Å². The molecule has 3 aromatic rings. The monoisotopic (exact) mass is 489 g/mol. The van der Waals surface area contributed by atoms with Crippen molar-refractivity contribution in [2.24, 2.45) is 0 Å². The molecule has 1 N–H and O–H groups in total. The molecule has 11 heteroatoms. The molecule has 4 rings (SSSR count). The minimum atomic E-state index is -2.64. The zero-order valence-electron chi connectivity index (χ0n) is 19.2. The summed E-state index contributed by atoms with van der Waals surface area (Å²) < 4.78 is 46.1. The summed E-state index contributed by atoms with van der Waals surface area (Å²) in [5.41, 5.74) is 2.14. The van der Waals surface area contributed by atoms with E-state index in [0.717, 1.165) is 5.56 Å². The molecule has 2 unspecified atom stereocenters. The van der Waals surface area contributed by atoms with Gasteiger partial charge in [0.2, 0.25) is 0 Å². The average Bonchev–Trinajstić information content (AvgIpc) is 3.31. The van der Waals surface area contributed by atoms with E-state index in [-0.39, 0.29) is 35.7 Å². The fourth-order valence-corrected chi connectivity index (χ4v) is 4.38. The molecule has 186 valence electrons. The van der Waals surface area contributed by atoms with E-state index in [9.17, 15) is 18.4 Å². The molecule has 0 aliphatic heterocycles. The van der Waals surface area contributed by atoms with Crippen molar-refractivity contribution >= 4 is 22.9 Å². The zero-order valence-corrected chi connectivity index (χ0v) is 19.2. The first-order valence-electron chi connectivity index (χ1n) is 11.1. The number of carbonyl (C=O) groups is 2. The zero-order chi connectivity index (χ0) is 24.9. The smallest absolute Gasteiger partial charge is 0.302 e.